The largest absolute Gasteiger partial charge is 0.497 e. The summed E-state index contributed by atoms with van der Waals surface area (Å²) in [4.78, 5) is 40.8. The monoisotopic (exact) mass is 440 g/mol. The molecule has 2 aliphatic rings. The standard InChI is InChI=1S/C23H28N4O5/c1-4-32-21(29)18-13-19-20(28)27(16-9-11-17(31-3)12-10-16)23(2,14-26(19)25-18)22(30)24-15-7-5-6-8-15/h9-13,15H,4-8,14H2,1-3H3,(H,24,30)/t23-/m1/s1. The van der Waals surface area contributed by atoms with Crippen molar-refractivity contribution in [3.63, 3.8) is 0 Å². The van der Waals surface area contributed by atoms with E-state index < -0.39 is 17.4 Å². The summed E-state index contributed by atoms with van der Waals surface area (Å²) in [5.74, 6) is -0.610. The molecule has 9 heteroatoms. The maximum absolute atomic E-state index is 13.6. The van der Waals surface area contributed by atoms with Crippen molar-refractivity contribution in [2.45, 2.75) is 57.7 Å². The number of esters is 1. The molecule has 1 N–H and O–H groups in total. The topological polar surface area (TPSA) is 103 Å². The van der Waals surface area contributed by atoms with Gasteiger partial charge in [0.25, 0.3) is 5.91 Å². The van der Waals surface area contributed by atoms with Gasteiger partial charge in [0.2, 0.25) is 5.91 Å². The molecule has 4 rings (SSSR count). The Balaban J connectivity index is 1.75. The summed E-state index contributed by atoms with van der Waals surface area (Å²) in [6, 6.07) is 8.50. The first-order valence-corrected chi connectivity index (χ1v) is 10.9. The Bertz CT molecular complexity index is 1030. The molecule has 1 fully saturated rings. The van der Waals surface area contributed by atoms with E-state index in [9.17, 15) is 14.4 Å². The molecule has 9 nitrogen and oxygen atoms in total. The number of hydrogen-bond donors (Lipinski definition) is 1. The van der Waals surface area contributed by atoms with Crippen LogP contribution in [0.3, 0.4) is 0 Å². The van der Waals surface area contributed by atoms with E-state index in [-0.39, 0.29) is 36.5 Å². The summed E-state index contributed by atoms with van der Waals surface area (Å²) in [5.41, 5.74) is -0.399. The number of carbonyl (C=O) groups is 3. The van der Waals surface area contributed by atoms with E-state index >= 15 is 0 Å². The number of fused-ring (bicyclic) bond motifs is 1. The fourth-order valence-corrected chi connectivity index (χ4v) is 4.43. The lowest BCUT2D eigenvalue weighted by Crippen LogP contribution is -2.65. The third-order valence-electron chi connectivity index (χ3n) is 6.15. The second-order valence-corrected chi connectivity index (χ2v) is 8.36. The van der Waals surface area contributed by atoms with Gasteiger partial charge in [-0.3, -0.25) is 19.2 Å². The van der Waals surface area contributed by atoms with Gasteiger partial charge in [-0.15, -0.1) is 0 Å². The zero-order valence-electron chi connectivity index (χ0n) is 18.6. The minimum absolute atomic E-state index is 0.0466. The number of anilines is 1. The summed E-state index contributed by atoms with van der Waals surface area (Å²) in [7, 11) is 1.57. The molecule has 32 heavy (non-hydrogen) atoms. The molecule has 1 atom stereocenters. The van der Waals surface area contributed by atoms with Gasteiger partial charge in [0.15, 0.2) is 5.69 Å². The first kappa shape index (κ1) is 21.9. The van der Waals surface area contributed by atoms with Gasteiger partial charge < -0.3 is 14.8 Å². The van der Waals surface area contributed by atoms with E-state index in [1.54, 1.807) is 45.2 Å². The van der Waals surface area contributed by atoms with Crippen LogP contribution in [0.4, 0.5) is 5.69 Å². The number of benzene rings is 1. The van der Waals surface area contributed by atoms with Crippen molar-refractivity contribution in [2.75, 3.05) is 18.6 Å². The average molecular weight is 441 g/mol. The van der Waals surface area contributed by atoms with Gasteiger partial charge in [0.1, 0.15) is 17.0 Å². The molecular weight excluding hydrogens is 412 g/mol. The average Bonchev–Trinajstić information content (AvgIpc) is 3.44. The van der Waals surface area contributed by atoms with Crippen LogP contribution < -0.4 is 15.0 Å². The third-order valence-corrected chi connectivity index (χ3v) is 6.15. The highest BCUT2D eigenvalue weighted by molar-refractivity contribution is 6.12. The number of hydrogen-bond acceptors (Lipinski definition) is 6. The van der Waals surface area contributed by atoms with Gasteiger partial charge in [-0.05, 0) is 51.0 Å². The molecule has 0 spiro atoms. The Hall–Kier alpha value is -3.36. The highest BCUT2D eigenvalue weighted by Crippen LogP contribution is 2.34. The molecule has 2 aromatic rings. The van der Waals surface area contributed by atoms with Crippen LogP contribution in [0.2, 0.25) is 0 Å². The van der Waals surface area contributed by atoms with Gasteiger partial charge >= 0.3 is 5.97 Å². The van der Waals surface area contributed by atoms with Gasteiger partial charge in [-0.1, -0.05) is 12.8 Å². The number of amides is 2. The first-order valence-electron chi connectivity index (χ1n) is 10.9. The number of carbonyl (C=O) groups excluding carboxylic acids is 3. The predicted octanol–water partition coefficient (Wildman–Crippen LogP) is 2.55. The maximum atomic E-state index is 13.6. The van der Waals surface area contributed by atoms with E-state index in [0.29, 0.717) is 11.4 Å². The van der Waals surface area contributed by atoms with Crippen molar-refractivity contribution < 1.29 is 23.9 Å². The Morgan fingerprint density at radius 3 is 2.53 bits per heavy atom. The molecule has 2 heterocycles. The highest BCUT2D eigenvalue weighted by Gasteiger charge is 2.49. The molecule has 1 aromatic heterocycles. The Kier molecular flexibility index (Phi) is 5.90. The maximum Gasteiger partial charge on any atom is 0.358 e. The van der Waals surface area contributed by atoms with Crippen LogP contribution in [0, 0.1) is 0 Å². The van der Waals surface area contributed by atoms with Crippen molar-refractivity contribution in [3.8, 4) is 5.75 Å². The Labute approximate surface area is 186 Å². The summed E-state index contributed by atoms with van der Waals surface area (Å²) in [5, 5.41) is 7.40. The van der Waals surface area contributed by atoms with E-state index in [0.717, 1.165) is 25.7 Å². The molecule has 0 radical (unpaired) electrons. The van der Waals surface area contributed by atoms with Gasteiger partial charge in [0, 0.05) is 17.8 Å². The quantitative estimate of drug-likeness (QED) is 0.693. The van der Waals surface area contributed by atoms with Crippen LogP contribution >= 0.6 is 0 Å². The van der Waals surface area contributed by atoms with Crippen LogP contribution in [-0.2, 0) is 16.1 Å². The number of rotatable bonds is 6. The van der Waals surface area contributed by atoms with Crippen LogP contribution in [-0.4, -0.2) is 52.9 Å². The minimum atomic E-state index is -1.24. The molecule has 0 saturated heterocycles. The fraction of sp³-hybridized carbons (Fsp3) is 0.478. The van der Waals surface area contributed by atoms with Crippen LogP contribution in [0.1, 0.15) is 60.5 Å². The van der Waals surface area contributed by atoms with Crippen molar-refractivity contribution in [3.05, 3.63) is 41.7 Å². The number of nitrogens with zero attached hydrogens (tertiary/aromatic N) is 3. The van der Waals surface area contributed by atoms with Crippen molar-refractivity contribution in [1.82, 2.24) is 15.1 Å². The predicted molar refractivity (Wildman–Crippen MR) is 117 cm³/mol. The highest BCUT2D eigenvalue weighted by atomic mass is 16.5. The Morgan fingerprint density at radius 1 is 1.22 bits per heavy atom. The van der Waals surface area contributed by atoms with Crippen LogP contribution in [0.5, 0.6) is 5.75 Å². The second kappa shape index (κ2) is 8.64. The van der Waals surface area contributed by atoms with Gasteiger partial charge in [-0.2, -0.15) is 5.10 Å². The number of aromatic nitrogens is 2. The van der Waals surface area contributed by atoms with E-state index in [4.69, 9.17) is 9.47 Å². The molecule has 1 aromatic carbocycles. The van der Waals surface area contributed by atoms with Gasteiger partial charge in [0.05, 0.1) is 20.3 Å². The van der Waals surface area contributed by atoms with Crippen molar-refractivity contribution >= 4 is 23.5 Å². The summed E-state index contributed by atoms with van der Waals surface area (Å²) >= 11 is 0. The number of ether oxygens (including phenoxy) is 2. The summed E-state index contributed by atoms with van der Waals surface area (Å²) in [6.07, 6.45) is 4.01. The minimum Gasteiger partial charge on any atom is -0.497 e. The van der Waals surface area contributed by atoms with Crippen LogP contribution in [0.25, 0.3) is 0 Å². The van der Waals surface area contributed by atoms with E-state index in [1.807, 2.05) is 0 Å². The normalized spacial score (nSPS) is 20.7. The number of methoxy groups -OCH3 is 1. The Morgan fingerprint density at radius 2 is 1.91 bits per heavy atom. The molecule has 1 aliphatic carbocycles. The second-order valence-electron chi connectivity index (χ2n) is 8.36. The third kappa shape index (κ3) is 3.83. The zero-order valence-corrected chi connectivity index (χ0v) is 18.6. The van der Waals surface area contributed by atoms with Crippen molar-refractivity contribution in [1.29, 1.82) is 0 Å². The molecule has 0 bridgehead atoms. The lowest BCUT2D eigenvalue weighted by atomic mass is 9.93. The van der Waals surface area contributed by atoms with Crippen LogP contribution in [0.15, 0.2) is 30.3 Å². The fourth-order valence-electron chi connectivity index (χ4n) is 4.43. The van der Waals surface area contributed by atoms with E-state index in [1.165, 1.54) is 15.6 Å². The molecular formula is C23H28N4O5. The first-order chi connectivity index (χ1) is 15.4. The molecule has 1 saturated carbocycles. The molecule has 1 aliphatic heterocycles. The lowest BCUT2D eigenvalue weighted by molar-refractivity contribution is -0.127. The summed E-state index contributed by atoms with van der Waals surface area (Å²) in [6.45, 7) is 3.75. The lowest BCUT2D eigenvalue weighted by Gasteiger charge is -2.43. The zero-order chi connectivity index (χ0) is 22.9. The molecule has 170 valence electrons. The summed E-state index contributed by atoms with van der Waals surface area (Å²) < 4.78 is 11.7. The van der Waals surface area contributed by atoms with E-state index in [2.05, 4.69) is 10.4 Å². The molecule has 0 unspecified atom stereocenters. The van der Waals surface area contributed by atoms with Crippen molar-refractivity contribution in [2.24, 2.45) is 0 Å². The number of nitrogens with one attached hydrogen (secondary N) is 1. The molecule has 2 amide bonds. The smallest absolute Gasteiger partial charge is 0.358 e. The SMILES string of the molecule is CCOC(=O)c1cc2n(n1)C[C@](C)(C(=O)NC1CCCC1)N(c1ccc(OC)cc1)C2=O. The van der Waals surface area contributed by atoms with Gasteiger partial charge in [-0.25, -0.2) is 4.79 Å².